The van der Waals surface area contributed by atoms with Crippen LogP contribution < -0.4 is 10.5 Å². The van der Waals surface area contributed by atoms with Gasteiger partial charge in [0.05, 0.1) is 12.0 Å². The highest BCUT2D eigenvalue weighted by Crippen LogP contribution is 2.29. The maximum Gasteiger partial charge on any atom is 0.325 e. The monoisotopic (exact) mass is 295 g/mol. The number of nitro benzene ring substituents is 1. The Kier molecular flexibility index (Phi) is 4.10. The Hall–Kier alpha value is -2.19. The van der Waals surface area contributed by atoms with Crippen molar-refractivity contribution >= 4 is 11.7 Å². The van der Waals surface area contributed by atoms with Crippen LogP contribution >= 0.6 is 0 Å². The van der Waals surface area contributed by atoms with E-state index in [2.05, 4.69) is 0 Å². The standard InChI is InChI=1S/C13H17N3O5/c1-21-11-3-2-9(6-10(11)16(19)20)7-15-5-4-13(14,8-15)12(17)18/h2-3,6H,4-5,7-8,14H2,1H3,(H,17,18). The Balaban J connectivity index is 2.13. The van der Waals surface area contributed by atoms with Gasteiger partial charge in [0.2, 0.25) is 0 Å². The molecular formula is C13H17N3O5. The molecular weight excluding hydrogens is 278 g/mol. The Morgan fingerprint density at radius 2 is 2.33 bits per heavy atom. The predicted octanol–water partition coefficient (Wildman–Crippen LogP) is 0.591. The Morgan fingerprint density at radius 3 is 2.86 bits per heavy atom. The highest BCUT2D eigenvalue weighted by molar-refractivity contribution is 5.79. The number of hydrogen-bond acceptors (Lipinski definition) is 6. The van der Waals surface area contributed by atoms with Crippen LogP contribution in [0, 0.1) is 10.1 Å². The number of carboxylic acids is 1. The molecule has 1 saturated heterocycles. The van der Waals surface area contributed by atoms with Gasteiger partial charge in [0.15, 0.2) is 5.75 Å². The molecule has 2 rings (SSSR count). The molecule has 1 unspecified atom stereocenters. The minimum atomic E-state index is -1.24. The molecule has 1 aliphatic rings. The van der Waals surface area contributed by atoms with Crippen LogP contribution in [0.1, 0.15) is 12.0 Å². The third kappa shape index (κ3) is 3.11. The van der Waals surface area contributed by atoms with Crippen molar-refractivity contribution in [3.63, 3.8) is 0 Å². The van der Waals surface area contributed by atoms with Crippen molar-refractivity contribution in [2.24, 2.45) is 5.73 Å². The van der Waals surface area contributed by atoms with E-state index in [-0.39, 0.29) is 18.0 Å². The normalized spacial score (nSPS) is 22.2. The molecule has 0 aliphatic carbocycles. The molecule has 0 aromatic heterocycles. The maximum atomic E-state index is 11.1. The van der Waals surface area contributed by atoms with Crippen molar-refractivity contribution in [1.29, 1.82) is 0 Å². The SMILES string of the molecule is COc1ccc(CN2CCC(N)(C(=O)O)C2)cc1[N+](=O)[O-]. The van der Waals surface area contributed by atoms with Crippen LogP contribution in [0.5, 0.6) is 5.75 Å². The molecule has 3 N–H and O–H groups in total. The summed E-state index contributed by atoms with van der Waals surface area (Å²) in [4.78, 5) is 23.4. The summed E-state index contributed by atoms with van der Waals surface area (Å²) in [7, 11) is 1.37. The van der Waals surface area contributed by atoms with Crippen LogP contribution in [0.2, 0.25) is 0 Å². The number of hydrogen-bond donors (Lipinski definition) is 2. The van der Waals surface area contributed by atoms with Crippen LogP contribution in [0.3, 0.4) is 0 Å². The van der Waals surface area contributed by atoms with Gasteiger partial charge in [-0.25, -0.2) is 0 Å². The number of aliphatic carboxylic acids is 1. The number of carboxylic acid groups (broad SMARTS) is 1. The van der Waals surface area contributed by atoms with Crippen molar-refractivity contribution in [2.45, 2.75) is 18.5 Å². The van der Waals surface area contributed by atoms with E-state index in [9.17, 15) is 14.9 Å². The van der Waals surface area contributed by atoms with Crippen LogP contribution in [-0.2, 0) is 11.3 Å². The van der Waals surface area contributed by atoms with Crippen molar-refractivity contribution in [3.05, 3.63) is 33.9 Å². The van der Waals surface area contributed by atoms with Crippen LogP contribution in [-0.4, -0.2) is 46.6 Å². The van der Waals surface area contributed by atoms with E-state index in [0.717, 1.165) is 5.56 Å². The Labute approximate surface area is 121 Å². The minimum Gasteiger partial charge on any atom is -0.490 e. The van der Waals surface area contributed by atoms with Gasteiger partial charge in [-0.3, -0.25) is 19.8 Å². The van der Waals surface area contributed by atoms with Crippen LogP contribution in [0.4, 0.5) is 5.69 Å². The number of ether oxygens (including phenoxy) is 1. The fraction of sp³-hybridized carbons (Fsp3) is 0.462. The van der Waals surface area contributed by atoms with Crippen molar-refractivity contribution in [3.8, 4) is 5.75 Å². The molecule has 1 heterocycles. The number of nitro groups is 1. The number of benzene rings is 1. The first kappa shape index (κ1) is 15.2. The molecule has 8 nitrogen and oxygen atoms in total. The Bertz CT molecular complexity index is 577. The molecule has 1 aromatic rings. The summed E-state index contributed by atoms with van der Waals surface area (Å²) in [5.74, 6) is -0.824. The third-order valence-corrected chi connectivity index (χ3v) is 3.65. The molecule has 0 radical (unpaired) electrons. The molecule has 1 fully saturated rings. The quantitative estimate of drug-likeness (QED) is 0.602. The number of nitrogens with zero attached hydrogens (tertiary/aromatic N) is 2. The summed E-state index contributed by atoms with van der Waals surface area (Å²) in [5.41, 5.74) is 5.18. The van der Waals surface area contributed by atoms with Gasteiger partial charge in [0, 0.05) is 25.7 Å². The van der Waals surface area contributed by atoms with E-state index in [0.29, 0.717) is 19.5 Å². The topological polar surface area (TPSA) is 119 Å². The minimum absolute atomic E-state index is 0.105. The number of rotatable bonds is 5. The zero-order valence-electron chi connectivity index (χ0n) is 11.6. The molecule has 1 aliphatic heterocycles. The van der Waals surface area contributed by atoms with E-state index in [1.54, 1.807) is 6.07 Å². The second-order valence-corrected chi connectivity index (χ2v) is 5.19. The molecule has 0 bridgehead atoms. The lowest BCUT2D eigenvalue weighted by Crippen LogP contribution is -2.50. The van der Waals surface area contributed by atoms with Crippen LogP contribution in [0.25, 0.3) is 0 Å². The molecule has 1 aromatic carbocycles. The number of nitrogens with two attached hydrogens (primary N) is 1. The summed E-state index contributed by atoms with van der Waals surface area (Å²) in [6.45, 7) is 1.18. The van der Waals surface area contributed by atoms with Crippen molar-refractivity contribution in [1.82, 2.24) is 4.90 Å². The van der Waals surface area contributed by atoms with Gasteiger partial charge < -0.3 is 15.6 Å². The average molecular weight is 295 g/mol. The van der Waals surface area contributed by atoms with Gasteiger partial charge in [-0.1, -0.05) is 6.07 Å². The first-order valence-electron chi connectivity index (χ1n) is 6.41. The summed E-state index contributed by atoms with van der Waals surface area (Å²) < 4.78 is 4.94. The van der Waals surface area contributed by atoms with Gasteiger partial charge >= 0.3 is 11.7 Å². The predicted molar refractivity (Wildman–Crippen MR) is 74.1 cm³/mol. The highest BCUT2D eigenvalue weighted by Gasteiger charge is 2.41. The molecule has 0 spiro atoms. The fourth-order valence-corrected chi connectivity index (χ4v) is 2.46. The third-order valence-electron chi connectivity index (χ3n) is 3.65. The number of carbonyl (C=O) groups is 1. The molecule has 0 saturated carbocycles. The van der Waals surface area contributed by atoms with E-state index >= 15 is 0 Å². The largest absolute Gasteiger partial charge is 0.490 e. The fourth-order valence-electron chi connectivity index (χ4n) is 2.46. The zero-order valence-corrected chi connectivity index (χ0v) is 11.6. The Morgan fingerprint density at radius 1 is 1.62 bits per heavy atom. The van der Waals surface area contributed by atoms with E-state index in [1.165, 1.54) is 19.2 Å². The van der Waals surface area contributed by atoms with E-state index in [1.807, 2.05) is 4.90 Å². The lowest BCUT2D eigenvalue weighted by molar-refractivity contribution is -0.385. The number of likely N-dealkylation sites (tertiary alicyclic amines) is 1. The summed E-state index contributed by atoms with van der Waals surface area (Å²) >= 11 is 0. The van der Waals surface area contributed by atoms with Gasteiger partial charge in [-0.05, 0) is 18.1 Å². The molecule has 8 heteroatoms. The first-order valence-corrected chi connectivity index (χ1v) is 6.41. The lowest BCUT2D eigenvalue weighted by atomic mass is 10.0. The smallest absolute Gasteiger partial charge is 0.325 e. The number of methoxy groups -OCH3 is 1. The summed E-state index contributed by atoms with van der Waals surface area (Å²) in [6.07, 6.45) is 0.362. The molecule has 114 valence electrons. The molecule has 0 amide bonds. The maximum absolute atomic E-state index is 11.1. The first-order chi connectivity index (χ1) is 9.85. The van der Waals surface area contributed by atoms with Gasteiger partial charge in [0.25, 0.3) is 0 Å². The van der Waals surface area contributed by atoms with Gasteiger partial charge in [0.1, 0.15) is 5.54 Å². The highest BCUT2D eigenvalue weighted by atomic mass is 16.6. The second-order valence-electron chi connectivity index (χ2n) is 5.19. The van der Waals surface area contributed by atoms with Crippen molar-refractivity contribution < 1.29 is 19.6 Å². The van der Waals surface area contributed by atoms with Crippen LogP contribution in [0.15, 0.2) is 18.2 Å². The molecule has 1 atom stereocenters. The van der Waals surface area contributed by atoms with E-state index in [4.69, 9.17) is 15.6 Å². The van der Waals surface area contributed by atoms with E-state index < -0.39 is 16.4 Å². The van der Waals surface area contributed by atoms with Gasteiger partial charge in [-0.15, -0.1) is 0 Å². The zero-order chi connectivity index (χ0) is 15.6. The molecule has 21 heavy (non-hydrogen) atoms. The second kappa shape index (κ2) is 5.66. The summed E-state index contributed by atoms with van der Waals surface area (Å²) in [5, 5.41) is 20.1. The van der Waals surface area contributed by atoms with Gasteiger partial charge in [-0.2, -0.15) is 0 Å². The average Bonchev–Trinajstić information content (AvgIpc) is 2.81. The lowest BCUT2D eigenvalue weighted by Gasteiger charge is -2.20. The van der Waals surface area contributed by atoms with Crippen molar-refractivity contribution in [2.75, 3.05) is 20.2 Å². The summed E-state index contributed by atoms with van der Waals surface area (Å²) in [6, 6.07) is 4.70.